The highest BCUT2D eigenvalue weighted by Gasteiger charge is 2.08. The van der Waals surface area contributed by atoms with Crippen LogP contribution < -0.4 is 0 Å². The molecule has 1 nitrogen and oxygen atoms in total. The predicted molar refractivity (Wildman–Crippen MR) is 92.3 cm³/mol. The van der Waals surface area contributed by atoms with Crippen molar-refractivity contribution < 1.29 is 4.79 Å². The third kappa shape index (κ3) is 4.17. The molecule has 0 amide bonds. The van der Waals surface area contributed by atoms with E-state index in [1.54, 1.807) is 0 Å². The van der Waals surface area contributed by atoms with Crippen molar-refractivity contribution in [1.82, 2.24) is 0 Å². The Morgan fingerprint density at radius 3 is 2.00 bits per heavy atom. The summed E-state index contributed by atoms with van der Waals surface area (Å²) in [6.07, 6.45) is 4.83. The summed E-state index contributed by atoms with van der Waals surface area (Å²) in [5.41, 5.74) is 2.84. The Morgan fingerprint density at radius 1 is 0.900 bits per heavy atom. The standard InChI is InChI=1S/C18H19IO/c1-2-3-4-5-14-6-8-15(9-7-14)18(20)16-10-12-17(19)13-11-16/h6-13H,2-5H2,1H3. The van der Waals surface area contributed by atoms with Gasteiger partial charge >= 0.3 is 0 Å². The number of rotatable bonds is 6. The topological polar surface area (TPSA) is 17.1 Å². The van der Waals surface area contributed by atoms with E-state index < -0.39 is 0 Å². The SMILES string of the molecule is CCCCCc1ccc(C(=O)c2ccc(I)cc2)cc1. The van der Waals surface area contributed by atoms with Crippen LogP contribution in [0.5, 0.6) is 0 Å². The molecule has 20 heavy (non-hydrogen) atoms. The van der Waals surface area contributed by atoms with Crippen LogP contribution in [0.4, 0.5) is 0 Å². The van der Waals surface area contributed by atoms with Gasteiger partial charge < -0.3 is 0 Å². The van der Waals surface area contributed by atoms with Crippen LogP contribution in [-0.2, 0) is 6.42 Å². The maximum Gasteiger partial charge on any atom is 0.193 e. The second-order valence-corrected chi connectivity index (χ2v) is 6.24. The van der Waals surface area contributed by atoms with E-state index in [2.05, 4.69) is 41.6 Å². The molecule has 0 fully saturated rings. The zero-order valence-corrected chi connectivity index (χ0v) is 13.9. The molecule has 0 aliphatic carbocycles. The van der Waals surface area contributed by atoms with E-state index in [0.717, 1.165) is 21.1 Å². The van der Waals surface area contributed by atoms with E-state index >= 15 is 0 Å². The fraction of sp³-hybridized carbons (Fsp3) is 0.278. The first kappa shape index (κ1) is 15.2. The minimum Gasteiger partial charge on any atom is -0.289 e. The van der Waals surface area contributed by atoms with Crippen molar-refractivity contribution in [3.05, 3.63) is 68.8 Å². The summed E-state index contributed by atoms with van der Waals surface area (Å²) in [5.74, 6) is 0.0986. The molecule has 0 heterocycles. The fourth-order valence-corrected chi connectivity index (χ4v) is 2.53. The number of unbranched alkanes of at least 4 members (excludes halogenated alkanes) is 2. The normalized spacial score (nSPS) is 10.5. The number of carbonyl (C=O) groups excluding carboxylic acids is 1. The van der Waals surface area contributed by atoms with Crippen LogP contribution in [-0.4, -0.2) is 5.78 Å². The molecular formula is C18H19IO. The van der Waals surface area contributed by atoms with Crippen molar-refractivity contribution in [2.75, 3.05) is 0 Å². The Kier molecular flexibility index (Phi) is 5.77. The molecule has 0 bridgehead atoms. The van der Waals surface area contributed by atoms with Gasteiger partial charge in [0.25, 0.3) is 0 Å². The maximum absolute atomic E-state index is 12.3. The van der Waals surface area contributed by atoms with E-state index in [9.17, 15) is 4.79 Å². The highest BCUT2D eigenvalue weighted by molar-refractivity contribution is 14.1. The largest absolute Gasteiger partial charge is 0.289 e. The summed E-state index contributed by atoms with van der Waals surface area (Å²) >= 11 is 2.24. The summed E-state index contributed by atoms with van der Waals surface area (Å²) < 4.78 is 1.14. The lowest BCUT2D eigenvalue weighted by molar-refractivity contribution is 0.103. The van der Waals surface area contributed by atoms with Gasteiger partial charge in [0.05, 0.1) is 0 Å². The van der Waals surface area contributed by atoms with Crippen molar-refractivity contribution in [2.24, 2.45) is 0 Å². The number of benzene rings is 2. The Hall–Kier alpha value is -1.16. The molecule has 0 unspecified atom stereocenters. The molecule has 0 radical (unpaired) electrons. The minimum absolute atomic E-state index is 0.0986. The van der Waals surface area contributed by atoms with E-state index in [0.29, 0.717) is 0 Å². The molecule has 2 aromatic rings. The van der Waals surface area contributed by atoms with Crippen LogP contribution in [0.3, 0.4) is 0 Å². The molecular weight excluding hydrogens is 359 g/mol. The first-order valence-electron chi connectivity index (χ1n) is 7.10. The van der Waals surface area contributed by atoms with Gasteiger partial charge in [0, 0.05) is 14.7 Å². The van der Waals surface area contributed by atoms with E-state index in [1.807, 2.05) is 36.4 Å². The van der Waals surface area contributed by atoms with Crippen molar-refractivity contribution in [2.45, 2.75) is 32.6 Å². The Bertz CT molecular complexity index is 555. The third-order valence-corrected chi connectivity index (χ3v) is 4.11. The lowest BCUT2D eigenvalue weighted by Crippen LogP contribution is -2.01. The zero-order valence-electron chi connectivity index (χ0n) is 11.7. The van der Waals surface area contributed by atoms with Gasteiger partial charge in [0.2, 0.25) is 0 Å². The first-order valence-corrected chi connectivity index (χ1v) is 8.18. The molecule has 0 spiro atoms. The molecule has 0 saturated carbocycles. The summed E-state index contributed by atoms with van der Waals surface area (Å²) in [6.45, 7) is 2.21. The van der Waals surface area contributed by atoms with Crippen molar-refractivity contribution in [3.63, 3.8) is 0 Å². The molecule has 2 aromatic carbocycles. The number of hydrogen-bond acceptors (Lipinski definition) is 1. The van der Waals surface area contributed by atoms with Gasteiger partial charge in [-0.3, -0.25) is 4.79 Å². The summed E-state index contributed by atoms with van der Waals surface area (Å²) in [4.78, 5) is 12.3. The fourth-order valence-electron chi connectivity index (χ4n) is 2.17. The van der Waals surface area contributed by atoms with Crippen LogP contribution in [0.2, 0.25) is 0 Å². The summed E-state index contributed by atoms with van der Waals surface area (Å²) in [6, 6.07) is 15.8. The van der Waals surface area contributed by atoms with Gasteiger partial charge in [-0.1, -0.05) is 44.0 Å². The van der Waals surface area contributed by atoms with Crippen molar-refractivity contribution >= 4 is 28.4 Å². The molecule has 0 saturated heterocycles. The van der Waals surface area contributed by atoms with Crippen LogP contribution in [0, 0.1) is 3.57 Å². The quantitative estimate of drug-likeness (QED) is 0.381. The number of hydrogen-bond donors (Lipinski definition) is 0. The lowest BCUT2D eigenvalue weighted by Gasteiger charge is -2.04. The molecule has 0 aliphatic heterocycles. The minimum atomic E-state index is 0.0986. The average Bonchev–Trinajstić information content (AvgIpc) is 2.48. The first-order chi connectivity index (χ1) is 9.70. The number of ketones is 1. The smallest absolute Gasteiger partial charge is 0.193 e. The molecule has 0 atom stereocenters. The van der Waals surface area contributed by atoms with Gasteiger partial charge in [-0.25, -0.2) is 0 Å². The predicted octanol–water partition coefficient (Wildman–Crippen LogP) is 5.25. The Balaban J connectivity index is 2.05. The Labute approximate surface area is 134 Å². The molecule has 104 valence electrons. The van der Waals surface area contributed by atoms with Gasteiger partial charge in [-0.15, -0.1) is 0 Å². The zero-order chi connectivity index (χ0) is 14.4. The van der Waals surface area contributed by atoms with E-state index in [4.69, 9.17) is 0 Å². The van der Waals surface area contributed by atoms with Crippen LogP contribution in [0.25, 0.3) is 0 Å². The van der Waals surface area contributed by atoms with Crippen molar-refractivity contribution in [1.29, 1.82) is 0 Å². The second-order valence-electron chi connectivity index (χ2n) is 4.99. The maximum atomic E-state index is 12.3. The van der Waals surface area contributed by atoms with Gasteiger partial charge in [0.15, 0.2) is 5.78 Å². The summed E-state index contributed by atoms with van der Waals surface area (Å²) in [5, 5.41) is 0. The van der Waals surface area contributed by atoms with Crippen LogP contribution in [0.1, 0.15) is 47.7 Å². The number of carbonyl (C=O) groups is 1. The Morgan fingerprint density at radius 2 is 1.45 bits per heavy atom. The van der Waals surface area contributed by atoms with Gasteiger partial charge in [-0.2, -0.15) is 0 Å². The van der Waals surface area contributed by atoms with Crippen LogP contribution >= 0.6 is 22.6 Å². The van der Waals surface area contributed by atoms with Gasteiger partial charge in [-0.05, 0) is 65.3 Å². The van der Waals surface area contributed by atoms with Crippen molar-refractivity contribution in [3.8, 4) is 0 Å². The number of aryl methyl sites for hydroxylation is 1. The average molecular weight is 378 g/mol. The molecule has 2 heteroatoms. The van der Waals surface area contributed by atoms with E-state index in [-0.39, 0.29) is 5.78 Å². The molecule has 0 aliphatic rings. The van der Waals surface area contributed by atoms with Gasteiger partial charge in [0.1, 0.15) is 0 Å². The molecule has 0 N–H and O–H groups in total. The highest BCUT2D eigenvalue weighted by Crippen LogP contribution is 2.14. The summed E-state index contributed by atoms with van der Waals surface area (Å²) in [7, 11) is 0. The monoisotopic (exact) mass is 378 g/mol. The molecule has 0 aromatic heterocycles. The highest BCUT2D eigenvalue weighted by atomic mass is 127. The van der Waals surface area contributed by atoms with E-state index in [1.165, 1.54) is 24.8 Å². The van der Waals surface area contributed by atoms with Crippen LogP contribution in [0.15, 0.2) is 48.5 Å². The third-order valence-electron chi connectivity index (χ3n) is 3.39. The molecule has 2 rings (SSSR count). The number of halogens is 1. The lowest BCUT2D eigenvalue weighted by atomic mass is 10.0. The second kappa shape index (κ2) is 7.58.